The largest absolute Gasteiger partial charge is 0.490 e. The van der Waals surface area contributed by atoms with Crippen LogP contribution in [0.25, 0.3) is 5.57 Å². The van der Waals surface area contributed by atoms with Gasteiger partial charge in [-0.15, -0.1) is 0 Å². The number of carbonyl (C=O) groups excluding carboxylic acids is 4. The van der Waals surface area contributed by atoms with Gasteiger partial charge in [0.15, 0.2) is 0 Å². The second-order valence-electron chi connectivity index (χ2n) is 14.0. The Morgan fingerprint density at radius 2 is 1.73 bits per heavy atom. The van der Waals surface area contributed by atoms with Gasteiger partial charge >= 0.3 is 0 Å². The molecule has 4 amide bonds. The van der Waals surface area contributed by atoms with Crippen molar-refractivity contribution in [2.75, 3.05) is 13.1 Å². The summed E-state index contributed by atoms with van der Waals surface area (Å²) in [5, 5.41) is 3.05. The third-order valence-corrected chi connectivity index (χ3v) is 10.6. The minimum Gasteiger partial charge on any atom is -0.490 e. The molecule has 2 aromatic carbocycles. The Morgan fingerprint density at radius 1 is 1.00 bits per heavy atom. The van der Waals surface area contributed by atoms with Crippen LogP contribution >= 0.6 is 11.6 Å². The molecule has 2 unspecified atom stereocenters. The summed E-state index contributed by atoms with van der Waals surface area (Å²) in [5.41, 5.74) is 4.78. The van der Waals surface area contributed by atoms with Crippen molar-refractivity contribution in [2.24, 2.45) is 17.3 Å². The van der Waals surface area contributed by atoms with Crippen molar-refractivity contribution in [3.8, 4) is 5.75 Å². The zero-order valence-electron chi connectivity index (χ0n) is 25.2. The maximum Gasteiger partial charge on any atom is 0.255 e. The third-order valence-electron chi connectivity index (χ3n) is 10.3. The number of nitrogens with one attached hydrogen (secondary N) is 1. The molecule has 1 N–H and O–H groups in total. The standard InChI is InChI=1S/C35H38ClN3O5/c1-35(2)12-11-28(29(16-35)20-3-5-24(36)6-4-20)33(42)38-17-21-13-26(14-22(21)18-38)44-25-7-8-27-23(15-25)19-39(34(27)43)30-9-10-31(40)37-32(30)41/h3-8,15,21-22,26,30H,9-14,16-19H2,1-2H3,(H,37,40,41)/t21-,22+,26?,30?. The summed E-state index contributed by atoms with van der Waals surface area (Å²) in [7, 11) is 0. The summed E-state index contributed by atoms with van der Waals surface area (Å²) in [6, 6.07) is 12.8. The van der Waals surface area contributed by atoms with Gasteiger partial charge in [-0.25, -0.2) is 0 Å². The Morgan fingerprint density at radius 3 is 2.43 bits per heavy atom. The number of amides is 4. The summed E-state index contributed by atoms with van der Waals surface area (Å²) < 4.78 is 6.43. The van der Waals surface area contributed by atoms with Crippen molar-refractivity contribution in [1.82, 2.24) is 15.1 Å². The monoisotopic (exact) mass is 615 g/mol. The molecule has 5 aliphatic rings. The van der Waals surface area contributed by atoms with E-state index >= 15 is 0 Å². The molecule has 3 heterocycles. The lowest BCUT2D eigenvalue weighted by Gasteiger charge is -2.34. The van der Waals surface area contributed by atoms with Crippen LogP contribution in [0.1, 0.15) is 80.3 Å². The molecule has 8 nitrogen and oxygen atoms in total. The molecule has 3 aliphatic heterocycles. The van der Waals surface area contributed by atoms with Crippen LogP contribution in [0.4, 0.5) is 0 Å². The highest BCUT2D eigenvalue weighted by molar-refractivity contribution is 6.30. The fourth-order valence-electron chi connectivity index (χ4n) is 7.97. The van der Waals surface area contributed by atoms with E-state index in [-0.39, 0.29) is 35.7 Å². The Labute approximate surface area is 262 Å². The van der Waals surface area contributed by atoms with Gasteiger partial charge in [0.1, 0.15) is 11.8 Å². The van der Waals surface area contributed by atoms with Gasteiger partial charge in [0.2, 0.25) is 17.7 Å². The highest BCUT2D eigenvalue weighted by atomic mass is 35.5. The second kappa shape index (κ2) is 11.1. The zero-order chi connectivity index (χ0) is 30.7. The van der Waals surface area contributed by atoms with Gasteiger partial charge in [0.25, 0.3) is 5.91 Å². The lowest BCUT2D eigenvalue weighted by Crippen LogP contribution is -2.52. The van der Waals surface area contributed by atoms with Crippen molar-refractivity contribution in [1.29, 1.82) is 0 Å². The number of imide groups is 1. The zero-order valence-corrected chi connectivity index (χ0v) is 26.0. The molecule has 44 heavy (non-hydrogen) atoms. The molecule has 230 valence electrons. The van der Waals surface area contributed by atoms with Crippen molar-refractivity contribution < 1.29 is 23.9 Å². The normalized spacial score (nSPS) is 27.8. The van der Waals surface area contributed by atoms with Crippen LogP contribution < -0.4 is 10.1 Å². The molecule has 0 radical (unpaired) electrons. The molecular formula is C35H38ClN3O5. The number of benzene rings is 2. The molecule has 2 saturated heterocycles. The number of hydrogen-bond donors (Lipinski definition) is 1. The van der Waals surface area contributed by atoms with E-state index < -0.39 is 11.9 Å². The van der Waals surface area contributed by atoms with Crippen molar-refractivity contribution in [3.63, 3.8) is 0 Å². The molecule has 2 aromatic rings. The molecule has 0 bridgehead atoms. The number of rotatable bonds is 5. The van der Waals surface area contributed by atoms with Crippen molar-refractivity contribution >= 4 is 40.8 Å². The van der Waals surface area contributed by atoms with Gasteiger partial charge in [0.05, 0.1) is 6.10 Å². The van der Waals surface area contributed by atoms with E-state index in [1.54, 1.807) is 11.0 Å². The summed E-state index contributed by atoms with van der Waals surface area (Å²) in [5.74, 6) is 0.831. The number of halogens is 1. The molecule has 9 heteroatoms. The van der Waals surface area contributed by atoms with E-state index in [0.717, 1.165) is 73.2 Å². The van der Waals surface area contributed by atoms with Crippen LogP contribution in [0.5, 0.6) is 5.75 Å². The maximum atomic E-state index is 13.9. The second-order valence-corrected chi connectivity index (χ2v) is 14.4. The lowest BCUT2D eigenvalue weighted by atomic mass is 9.72. The summed E-state index contributed by atoms with van der Waals surface area (Å²) >= 11 is 6.16. The molecule has 3 fully saturated rings. The van der Waals surface area contributed by atoms with Gasteiger partial charge in [-0.2, -0.15) is 0 Å². The lowest BCUT2D eigenvalue weighted by molar-refractivity contribution is -0.137. The minimum absolute atomic E-state index is 0.0583. The first-order valence-corrected chi connectivity index (χ1v) is 16.1. The predicted octanol–water partition coefficient (Wildman–Crippen LogP) is 5.38. The van der Waals surface area contributed by atoms with E-state index in [4.69, 9.17) is 16.3 Å². The number of nitrogens with zero attached hydrogens (tertiary/aromatic N) is 2. The molecular weight excluding hydrogens is 578 g/mol. The van der Waals surface area contributed by atoms with Crippen LogP contribution in [-0.4, -0.2) is 58.7 Å². The smallest absolute Gasteiger partial charge is 0.255 e. The minimum atomic E-state index is -0.630. The number of likely N-dealkylation sites (tertiary alicyclic amines) is 1. The van der Waals surface area contributed by atoms with Gasteiger partial charge in [-0.05, 0) is 103 Å². The number of carbonyl (C=O) groups is 4. The SMILES string of the molecule is CC1(C)CCC(C(=O)N2C[C@H]3CC(Oc4ccc5c(c4)CN(C4CCC(=O)NC4=O)C5=O)C[C@H]3C2)=C(c2ccc(Cl)cc2)C1. The van der Waals surface area contributed by atoms with E-state index in [2.05, 4.69) is 24.1 Å². The predicted molar refractivity (Wildman–Crippen MR) is 166 cm³/mol. The molecule has 2 aliphatic carbocycles. The average Bonchev–Trinajstić information content (AvgIpc) is 3.64. The fourth-order valence-corrected chi connectivity index (χ4v) is 8.09. The number of hydrogen-bond acceptors (Lipinski definition) is 5. The highest BCUT2D eigenvalue weighted by Crippen LogP contribution is 2.46. The number of ether oxygens (including phenoxy) is 1. The van der Waals surface area contributed by atoms with Gasteiger partial charge in [-0.1, -0.05) is 37.6 Å². The van der Waals surface area contributed by atoms with Gasteiger partial charge in [-0.3, -0.25) is 24.5 Å². The Hall–Kier alpha value is -3.65. The van der Waals surface area contributed by atoms with Crippen LogP contribution in [0.3, 0.4) is 0 Å². The fraction of sp³-hybridized carbons (Fsp3) is 0.486. The summed E-state index contributed by atoms with van der Waals surface area (Å²) in [6.45, 7) is 6.39. The number of allylic oxidation sites excluding steroid dienone is 1. The number of piperidine rings is 1. The maximum absolute atomic E-state index is 13.9. The molecule has 0 spiro atoms. The Kier molecular flexibility index (Phi) is 7.31. The van der Waals surface area contributed by atoms with E-state index in [1.165, 1.54) is 0 Å². The molecule has 7 rings (SSSR count). The first-order valence-electron chi connectivity index (χ1n) is 15.8. The Balaban J connectivity index is 0.991. The summed E-state index contributed by atoms with van der Waals surface area (Å²) in [4.78, 5) is 54.5. The van der Waals surface area contributed by atoms with Gasteiger partial charge < -0.3 is 14.5 Å². The molecule has 0 aromatic heterocycles. The quantitative estimate of drug-likeness (QED) is 0.456. The van der Waals surface area contributed by atoms with E-state index in [0.29, 0.717) is 35.4 Å². The van der Waals surface area contributed by atoms with Crippen LogP contribution in [0.15, 0.2) is 48.0 Å². The van der Waals surface area contributed by atoms with E-state index in [1.807, 2.05) is 36.4 Å². The van der Waals surface area contributed by atoms with Crippen LogP contribution in [0, 0.1) is 17.3 Å². The topological polar surface area (TPSA) is 96.0 Å². The molecule has 4 atom stereocenters. The first-order chi connectivity index (χ1) is 21.0. The Bertz CT molecular complexity index is 1570. The van der Waals surface area contributed by atoms with Gasteiger partial charge in [0, 0.05) is 42.2 Å². The third kappa shape index (κ3) is 5.42. The first kappa shape index (κ1) is 29.1. The van der Waals surface area contributed by atoms with Crippen LogP contribution in [0.2, 0.25) is 5.02 Å². The van der Waals surface area contributed by atoms with Crippen LogP contribution in [-0.2, 0) is 20.9 Å². The average molecular weight is 616 g/mol. The highest BCUT2D eigenvalue weighted by Gasteiger charge is 2.45. The van der Waals surface area contributed by atoms with Crippen molar-refractivity contribution in [3.05, 3.63) is 69.8 Å². The van der Waals surface area contributed by atoms with Crippen molar-refractivity contribution in [2.45, 2.75) is 77.5 Å². The number of fused-ring (bicyclic) bond motifs is 2. The molecule has 1 saturated carbocycles. The van der Waals surface area contributed by atoms with E-state index in [9.17, 15) is 19.2 Å². The summed E-state index contributed by atoms with van der Waals surface area (Å²) in [6.07, 6.45) is 5.09.